The largest absolute Gasteiger partial charge is 0.375 e. The zero-order chi connectivity index (χ0) is 14.2. The highest BCUT2D eigenvalue weighted by Gasteiger charge is 2.14. The van der Waals surface area contributed by atoms with Crippen LogP contribution in [-0.4, -0.2) is 9.78 Å². The Morgan fingerprint density at radius 1 is 1.37 bits per heavy atom. The van der Waals surface area contributed by atoms with Crippen LogP contribution in [0.15, 0.2) is 16.6 Å². The van der Waals surface area contributed by atoms with Crippen molar-refractivity contribution in [1.82, 2.24) is 9.78 Å². The van der Waals surface area contributed by atoms with Crippen LogP contribution in [-0.2, 0) is 13.6 Å². The van der Waals surface area contributed by atoms with E-state index in [2.05, 4.69) is 26.3 Å². The number of rotatable bonds is 3. The fourth-order valence-electron chi connectivity index (χ4n) is 1.76. The van der Waals surface area contributed by atoms with E-state index in [4.69, 9.17) is 11.6 Å². The third-order valence-electron chi connectivity index (χ3n) is 2.70. The molecule has 2 aromatic rings. The molecule has 0 aliphatic heterocycles. The Balaban J connectivity index is 2.24. The lowest BCUT2D eigenvalue weighted by Crippen LogP contribution is -2.08. The predicted molar refractivity (Wildman–Crippen MR) is 74.3 cm³/mol. The number of hydrogen-bond acceptors (Lipinski definition) is 2. The van der Waals surface area contributed by atoms with Gasteiger partial charge in [-0.1, -0.05) is 27.5 Å². The van der Waals surface area contributed by atoms with Crippen LogP contribution in [0, 0.1) is 18.6 Å². The first-order valence-electron chi connectivity index (χ1n) is 5.46. The molecule has 2 rings (SSSR count). The predicted octanol–water partition coefficient (Wildman–Crippen LogP) is 4.03. The lowest BCUT2D eigenvalue weighted by atomic mass is 10.2. The first kappa shape index (κ1) is 14.3. The van der Waals surface area contributed by atoms with Gasteiger partial charge < -0.3 is 5.32 Å². The van der Waals surface area contributed by atoms with Gasteiger partial charge in [0.05, 0.1) is 23.0 Å². The van der Waals surface area contributed by atoms with Crippen molar-refractivity contribution >= 4 is 33.2 Å². The first-order valence-corrected chi connectivity index (χ1v) is 6.63. The molecule has 0 unspecified atom stereocenters. The molecule has 0 saturated heterocycles. The van der Waals surface area contributed by atoms with Crippen LogP contribution in [0.1, 0.15) is 11.4 Å². The molecule has 0 aliphatic carbocycles. The Labute approximate surface area is 122 Å². The fraction of sp³-hybridized carbons (Fsp3) is 0.250. The number of aryl methyl sites for hydroxylation is 2. The molecular weight excluding hydrogens is 340 g/mol. The zero-order valence-electron chi connectivity index (χ0n) is 10.3. The Morgan fingerprint density at radius 3 is 2.42 bits per heavy atom. The number of nitrogens with zero attached hydrogens (tertiary/aromatic N) is 2. The van der Waals surface area contributed by atoms with E-state index < -0.39 is 11.6 Å². The number of anilines is 1. The molecule has 0 saturated carbocycles. The summed E-state index contributed by atoms with van der Waals surface area (Å²) in [7, 11) is 1.73. The van der Waals surface area contributed by atoms with Crippen molar-refractivity contribution in [3.05, 3.63) is 44.7 Å². The minimum Gasteiger partial charge on any atom is -0.375 e. The Morgan fingerprint density at radius 2 is 1.95 bits per heavy atom. The van der Waals surface area contributed by atoms with E-state index >= 15 is 0 Å². The smallest absolute Gasteiger partial charge is 0.150 e. The molecule has 0 spiro atoms. The van der Waals surface area contributed by atoms with E-state index in [0.29, 0.717) is 20.9 Å². The molecule has 0 amide bonds. The second-order valence-corrected chi connectivity index (χ2v) is 5.36. The lowest BCUT2D eigenvalue weighted by Gasteiger charge is -2.10. The van der Waals surface area contributed by atoms with Crippen molar-refractivity contribution in [3.63, 3.8) is 0 Å². The quantitative estimate of drug-likeness (QED) is 0.905. The zero-order valence-corrected chi connectivity index (χ0v) is 12.6. The summed E-state index contributed by atoms with van der Waals surface area (Å²) in [6.45, 7) is 1.96. The third kappa shape index (κ3) is 2.90. The van der Waals surface area contributed by atoms with Gasteiger partial charge in [0.1, 0.15) is 17.3 Å². The topological polar surface area (TPSA) is 29.9 Å². The molecular formula is C12H11BrClF2N3. The molecule has 1 heterocycles. The van der Waals surface area contributed by atoms with Crippen LogP contribution in [0.5, 0.6) is 0 Å². The van der Waals surface area contributed by atoms with Crippen LogP contribution in [0.2, 0.25) is 5.02 Å². The van der Waals surface area contributed by atoms with Gasteiger partial charge in [-0.15, -0.1) is 0 Å². The molecule has 1 aromatic carbocycles. The molecule has 0 radical (unpaired) electrons. The Bertz CT molecular complexity index is 605. The molecule has 1 aromatic heterocycles. The first-order chi connectivity index (χ1) is 8.90. The number of nitrogens with one attached hydrogen (secondary N) is 1. The monoisotopic (exact) mass is 349 g/mol. The van der Waals surface area contributed by atoms with Gasteiger partial charge in [0, 0.05) is 11.5 Å². The van der Waals surface area contributed by atoms with Gasteiger partial charge in [-0.05, 0) is 19.1 Å². The number of halogens is 4. The van der Waals surface area contributed by atoms with E-state index in [-0.39, 0.29) is 12.2 Å². The molecule has 7 heteroatoms. The van der Waals surface area contributed by atoms with Crippen molar-refractivity contribution < 1.29 is 8.78 Å². The van der Waals surface area contributed by atoms with Crippen molar-refractivity contribution in [2.75, 3.05) is 5.32 Å². The highest BCUT2D eigenvalue weighted by atomic mass is 79.9. The molecule has 102 valence electrons. The van der Waals surface area contributed by atoms with Gasteiger partial charge in [-0.2, -0.15) is 5.10 Å². The lowest BCUT2D eigenvalue weighted by molar-refractivity contribution is 0.585. The fourth-order valence-corrected chi connectivity index (χ4v) is 2.38. The van der Waals surface area contributed by atoms with E-state index in [1.807, 2.05) is 0 Å². The van der Waals surface area contributed by atoms with Gasteiger partial charge in [-0.3, -0.25) is 4.68 Å². The van der Waals surface area contributed by atoms with Crippen LogP contribution in [0.3, 0.4) is 0 Å². The Kier molecular flexibility index (Phi) is 4.10. The van der Waals surface area contributed by atoms with Crippen molar-refractivity contribution in [2.45, 2.75) is 13.5 Å². The van der Waals surface area contributed by atoms with Gasteiger partial charge in [0.2, 0.25) is 0 Å². The van der Waals surface area contributed by atoms with E-state index in [0.717, 1.165) is 0 Å². The van der Waals surface area contributed by atoms with Crippen LogP contribution >= 0.6 is 27.5 Å². The molecule has 0 aliphatic rings. The van der Waals surface area contributed by atoms with E-state index in [9.17, 15) is 8.78 Å². The van der Waals surface area contributed by atoms with Gasteiger partial charge in [-0.25, -0.2) is 8.78 Å². The average molecular weight is 351 g/mol. The van der Waals surface area contributed by atoms with Gasteiger partial charge in [0.15, 0.2) is 0 Å². The number of hydrogen-bond donors (Lipinski definition) is 1. The normalized spacial score (nSPS) is 10.8. The standard InChI is InChI=1S/C12H11BrClF2N3/c1-6-11(14)10(19(2)18-6)5-17-12-8(15)3-7(13)4-9(12)16/h3-4,17H,5H2,1-2H3. The number of benzene rings is 1. The van der Waals surface area contributed by atoms with Crippen LogP contribution < -0.4 is 5.32 Å². The van der Waals surface area contributed by atoms with Crippen LogP contribution in [0.25, 0.3) is 0 Å². The highest BCUT2D eigenvalue weighted by molar-refractivity contribution is 9.10. The summed E-state index contributed by atoms with van der Waals surface area (Å²) in [6.07, 6.45) is 0. The average Bonchev–Trinajstić information content (AvgIpc) is 2.53. The Hall–Kier alpha value is -1.14. The summed E-state index contributed by atoms with van der Waals surface area (Å²) in [5, 5.41) is 7.33. The van der Waals surface area contributed by atoms with Crippen molar-refractivity contribution in [2.24, 2.45) is 7.05 Å². The molecule has 3 nitrogen and oxygen atoms in total. The number of aromatic nitrogens is 2. The van der Waals surface area contributed by atoms with Gasteiger partial charge >= 0.3 is 0 Å². The van der Waals surface area contributed by atoms with E-state index in [1.165, 1.54) is 12.1 Å². The second kappa shape index (κ2) is 5.46. The SMILES string of the molecule is Cc1nn(C)c(CNc2c(F)cc(Br)cc2F)c1Cl. The maximum atomic E-state index is 13.6. The maximum Gasteiger partial charge on any atom is 0.150 e. The third-order valence-corrected chi connectivity index (χ3v) is 3.65. The molecule has 1 N–H and O–H groups in total. The summed E-state index contributed by atoms with van der Waals surface area (Å²) < 4.78 is 29.2. The van der Waals surface area contributed by atoms with E-state index in [1.54, 1.807) is 18.7 Å². The summed E-state index contributed by atoms with van der Waals surface area (Å²) in [4.78, 5) is 0. The second-order valence-electron chi connectivity index (χ2n) is 4.07. The maximum absolute atomic E-state index is 13.6. The molecule has 0 fully saturated rings. The minimum atomic E-state index is -0.665. The van der Waals surface area contributed by atoms with Crippen molar-refractivity contribution in [3.8, 4) is 0 Å². The summed E-state index contributed by atoms with van der Waals surface area (Å²) >= 11 is 9.09. The van der Waals surface area contributed by atoms with Crippen LogP contribution in [0.4, 0.5) is 14.5 Å². The van der Waals surface area contributed by atoms with Gasteiger partial charge in [0.25, 0.3) is 0 Å². The molecule has 0 bridgehead atoms. The highest BCUT2D eigenvalue weighted by Crippen LogP contribution is 2.26. The minimum absolute atomic E-state index is 0.182. The summed E-state index contributed by atoms with van der Waals surface area (Å²) in [6, 6.07) is 2.39. The summed E-state index contributed by atoms with van der Waals surface area (Å²) in [5.41, 5.74) is 1.16. The molecule has 0 atom stereocenters. The molecule has 19 heavy (non-hydrogen) atoms. The summed E-state index contributed by atoms with van der Waals surface area (Å²) in [5.74, 6) is -1.33. The van der Waals surface area contributed by atoms with Crippen molar-refractivity contribution in [1.29, 1.82) is 0 Å².